The molecule has 3 aliphatic rings. The molecule has 24 heavy (non-hydrogen) atoms. The van der Waals surface area contributed by atoms with Crippen LogP contribution in [0.3, 0.4) is 0 Å². The second-order valence-electron chi connectivity index (χ2n) is 6.57. The van der Waals surface area contributed by atoms with E-state index in [9.17, 15) is 4.79 Å². The molecule has 4 heteroatoms. The maximum absolute atomic E-state index is 12.1. The van der Waals surface area contributed by atoms with E-state index in [4.69, 9.17) is 4.74 Å². The molecule has 0 aromatic carbocycles. The Balaban J connectivity index is 1.78. The van der Waals surface area contributed by atoms with Gasteiger partial charge in [-0.15, -0.1) is 11.3 Å². The van der Waals surface area contributed by atoms with E-state index in [1.165, 1.54) is 12.8 Å². The number of esters is 1. The van der Waals surface area contributed by atoms with Gasteiger partial charge in [-0.3, -0.25) is 4.90 Å². The predicted octanol–water partition coefficient (Wildman–Crippen LogP) is 3.53. The highest BCUT2D eigenvalue weighted by atomic mass is 32.1. The molecule has 3 nitrogen and oxygen atoms in total. The third-order valence-corrected chi connectivity index (χ3v) is 6.12. The molecule has 1 fully saturated rings. The van der Waals surface area contributed by atoms with Crippen LogP contribution in [0.15, 0.2) is 40.8 Å². The quantitative estimate of drug-likeness (QED) is 0.579. The molecule has 0 aliphatic carbocycles. The zero-order valence-electron chi connectivity index (χ0n) is 13.9. The van der Waals surface area contributed by atoms with Gasteiger partial charge in [0.05, 0.1) is 10.9 Å². The Morgan fingerprint density at radius 1 is 1.42 bits per heavy atom. The molecule has 124 valence electrons. The van der Waals surface area contributed by atoms with Crippen molar-refractivity contribution in [1.82, 2.24) is 4.90 Å². The van der Waals surface area contributed by atoms with Gasteiger partial charge in [0.1, 0.15) is 0 Å². The fourth-order valence-electron chi connectivity index (χ4n) is 4.21. The highest BCUT2D eigenvalue weighted by Crippen LogP contribution is 2.45. The average Bonchev–Trinajstić information content (AvgIpc) is 3.21. The Bertz CT molecular complexity index is 765. The van der Waals surface area contributed by atoms with Crippen LogP contribution in [0.4, 0.5) is 0 Å². The molecule has 0 spiro atoms. The van der Waals surface area contributed by atoms with Crippen LogP contribution in [-0.2, 0) is 9.53 Å². The van der Waals surface area contributed by atoms with Crippen molar-refractivity contribution >= 4 is 17.3 Å². The van der Waals surface area contributed by atoms with Crippen LogP contribution in [-0.4, -0.2) is 35.6 Å². The van der Waals surface area contributed by atoms with Crippen LogP contribution in [0.2, 0.25) is 0 Å². The first-order valence-corrected chi connectivity index (χ1v) is 9.56. The van der Waals surface area contributed by atoms with Gasteiger partial charge in [0, 0.05) is 23.8 Å². The number of carbonyl (C=O) groups is 1. The summed E-state index contributed by atoms with van der Waals surface area (Å²) in [5, 5.41) is 2.03. The number of hydrogen-bond donors (Lipinski definition) is 0. The van der Waals surface area contributed by atoms with Crippen molar-refractivity contribution in [2.75, 3.05) is 13.1 Å². The van der Waals surface area contributed by atoms with E-state index in [-0.39, 0.29) is 12.0 Å². The van der Waals surface area contributed by atoms with E-state index < -0.39 is 5.60 Å². The standard InChI is InChI=1S/C20H21NO2S/c1-2-20-17(14-19(22)23-20)15(8-9-16-6-5-13-24-16)10-12-21-11-4-3-7-18(20)21/h5-6,10,13-14,18H,2-4,7,11-12H2,1H3/t18-,20+/m1/s1. The predicted molar refractivity (Wildman–Crippen MR) is 95.7 cm³/mol. The molecule has 2 atom stereocenters. The molecule has 3 aliphatic heterocycles. The number of nitrogens with zero attached hydrogens (tertiary/aromatic N) is 1. The van der Waals surface area contributed by atoms with Crippen molar-refractivity contribution in [2.24, 2.45) is 0 Å². The van der Waals surface area contributed by atoms with Crippen molar-refractivity contribution in [3.05, 3.63) is 45.7 Å². The van der Waals surface area contributed by atoms with Crippen molar-refractivity contribution in [1.29, 1.82) is 0 Å². The fourth-order valence-corrected chi connectivity index (χ4v) is 4.78. The Labute approximate surface area is 147 Å². The largest absolute Gasteiger partial charge is 0.449 e. The van der Waals surface area contributed by atoms with E-state index in [1.807, 2.05) is 17.5 Å². The summed E-state index contributed by atoms with van der Waals surface area (Å²) in [5.74, 6) is 6.35. The first-order chi connectivity index (χ1) is 11.7. The number of ether oxygens (including phenoxy) is 1. The summed E-state index contributed by atoms with van der Waals surface area (Å²) in [6.07, 6.45) is 8.15. The Hall–Kier alpha value is -1.83. The number of carbonyl (C=O) groups excluding carboxylic acids is 1. The van der Waals surface area contributed by atoms with E-state index in [2.05, 4.69) is 29.7 Å². The smallest absolute Gasteiger partial charge is 0.332 e. The lowest BCUT2D eigenvalue weighted by molar-refractivity contribution is -0.153. The van der Waals surface area contributed by atoms with Gasteiger partial charge in [-0.25, -0.2) is 4.79 Å². The number of rotatable bonds is 1. The monoisotopic (exact) mass is 339 g/mol. The van der Waals surface area contributed by atoms with Gasteiger partial charge in [0.2, 0.25) is 0 Å². The molecule has 1 aromatic heterocycles. The van der Waals surface area contributed by atoms with Crippen LogP contribution < -0.4 is 0 Å². The third kappa shape index (κ3) is 2.53. The minimum absolute atomic E-state index is 0.219. The number of thiophene rings is 1. The Morgan fingerprint density at radius 3 is 3.12 bits per heavy atom. The van der Waals surface area contributed by atoms with Crippen LogP contribution in [0.1, 0.15) is 37.5 Å². The molecule has 0 radical (unpaired) electrons. The summed E-state index contributed by atoms with van der Waals surface area (Å²) in [4.78, 5) is 15.7. The van der Waals surface area contributed by atoms with Crippen LogP contribution >= 0.6 is 11.3 Å². The lowest BCUT2D eigenvalue weighted by atomic mass is 9.78. The van der Waals surface area contributed by atoms with Crippen LogP contribution in [0.5, 0.6) is 0 Å². The van der Waals surface area contributed by atoms with Gasteiger partial charge in [0.15, 0.2) is 5.60 Å². The van der Waals surface area contributed by atoms with Gasteiger partial charge in [-0.1, -0.05) is 37.3 Å². The molecule has 4 rings (SSSR count). The minimum Gasteiger partial charge on any atom is -0.449 e. The molecular weight excluding hydrogens is 318 g/mol. The third-order valence-electron chi connectivity index (χ3n) is 5.34. The molecule has 0 N–H and O–H groups in total. The number of fused-ring (bicyclic) bond motifs is 3. The van der Waals surface area contributed by atoms with Crippen LogP contribution in [0, 0.1) is 11.8 Å². The zero-order chi connectivity index (χ0) is 16.6. The second-order valence-corrected chi connectivity index (χ2v) is 7.52. The minimum atomic E-state index is -0.524. The fraction of sp³-hybridized carbons (Fsp3) is 0.450. The van der Waals surface area contributed by atoms with Crippen LogP contribution in [0.25, 0.3) is 0 Å². The first kappa shape index (κ1) is 15.7. The Morgan fingerprint density at radius 2 is 2.33 bits per heavy atom. The highest BCUT2D eigenvalue weighted by molar-refractivity contribution is 7.10. The van der Waals surface area contributed by atoms with E-state index in [1.54, 1.807) is 17.4 Å². The summed E-state index contributed by atoms with van der Waals surface area (Å²) in [7, 11) is 0. The normalized spacial score (nSPS) is 29.4. The van der Waals surface area contributed by atoms with E-state index in [0.29, 0.717) is 0 Å². The van der Waals surface area contributed by atoms with Gasteiger partial charge >= 0.3 is 5.97 Å². The van der Waals surface area contributed by atoms with Gasteiger partial charge in [0.25, 0.3) is 0 Å². The molecule has 0 bridgehead atoms. The molecule has 0 unspecified atom stereocenters. The second kappa shape index (κ2) is 6.23. The maximum Gasteiger partial charge on any atom is 0.332 e. The number of hydrogen-bond acceptors (Lipinski definition) is 4. The van der Waals surface area contributed by atoms with Crippen molar-refractivity contribution in [2.45, 2.75) is 44.2 Å². The lowest BCUT2D eigenvalue weighted by Gasteiger charge is -2.44. The van der Waals surface area contributed by atoms with E-state index >= 15 is 0 Å². The summed E-state index contributed by atoms with van der Waals surface area (Å²) >= 11 is 1.64. The maximum atomic E-state index is 12.1. The van der Waals surface area contributed by atoms with Gasteiger partial charge in [-0.2, -0.15) is 0 Å². The topological polar surface area (TPSA) is 29.5 Å². The van der Waals surface area contributed by atoms with Crippen molar-refractivity contribution in [3.8, 4) is 11.8 Å². The SMILES string of the molecule is CC[C@]12OC(=O)C=C1C(C#Cc1cccs1)=CCN1CCCC[C@@H]12. The first-order valence-electron chi connectivity index (χ1n) is 8.68. The van der Waals surface area contributed by atoms with Gasteiger partial charge < -0.3 is 4.74 Å². The average molecular weight is 339 g/mol. The summed E-state index contributed by atoms with van der Waals surface area (Å²) in [6, 6.07) is 4.30. The molecule has 0 saturated carbocycles. The number of piperidine rings is 1. The van der Waals surface area contributed by atoms with E-state index in [0.717, 1.165) is 42.0 Å². The summed E-state index contributed by atoms with van der Waals surface area (Å²) in [5.41, 5.74) is 1.43. The van der Waals surface area contributed by atoms with Crippen molar-refractivity contribution < 1.29 is 9.53 Å². The zero-order valence-corrected chi connectivity index (χ0v) is 14.7. The molecular formula is C20H21NO2S. The highest BCUT2D eigenvalue weighted by Gasteiger charge is 2.52. The molecule has 0 amide bonds. The molecule has 1 aromatic rings. The summed E-state index contributed by atoms with van der Waals surface area (Å²) in [6.45, 7) is 4.07. The Kier molecular flexibility index (Phi) is 4.07. The van der Waals surface area contributed by atoms with Gasteiger partial charge in [-0.05, 0) is 37.3 Å². The summed E-state index contributed by atoms with van der Waals surface area (Å²) < 4.78 is 5.94. The lowest BCUT2D eigenvalue weighted by Crippen LogP contribution is -2.55. The molecule has 4 heterocycles. The molecule has 1 saturated heterocycles. The van der Waals surface area contributed by atoms with Crippen molar-refractivity contribution in [3.63, 3.8) is 0 Å².